The highest BCUT2D eigenvalue weighted by atomic mass is 32.2. The molecule has 0 saturated carbocycles. The zero-order chi connectivity index (χ0) is 15.6. The molecule has 0 atom stereocenters. The molecule has 2 rings (SSSR count). The van der Waals surface area contributed by atoms with Crippen molar-refractivity contribution < 1.29 is 26.5 Å². The maximum Gasteiger partial charge on any atom is 0.241 e. The molecule has 0 fully saturated rings. The Morgan fingerprint density at radius 3 is 2.67 bits per heavy atom. The van der Waals surface area contributed by atoms with E-state index in [-0.39, 0.29) is 12.4 Å². The Labute approximate surface area is 118 Å². The molecule has 1 aromatic carbocycles. The third-order valence-electron chi connectivity index (χ3n) is 2.44. The highest BCUT2D eigenvalue weighted by Crippen LogP contribution is 2.28. The molecule has 0 bridgehead atoms. The number of halogens is 2. The number of nitrogens with two attached hydrogens (primary N) is 1. The van der Waals surface area contributed by atoms with Crippen LogP contribution in [0.4, 0.5) is 8.78 Å². The summed E-state index contributed by atoms with van der Waals surface area (Å²) in [4.78, 5) is 3.11. The summed E-state index contributed by atoms with van der Waals surface area (Å²) in [5, 5.41) is 8.45. The van der Waals surface area contributed by atoms with E-state index in [1.165, 1.54) is 0 Å². The van der Waals surface area contributed by atoms with Crippen molar-refractivity contribution in [1.82, 2.24) is 10.1 Å². The molecule has 21 heavy (non-hydrogen) atoms. The third-order valence-corrected chi connectivity index (χ3v) is 3.36. The molecule has 0 saturated heterocycles. The van der Waals surface area contributed by atoms with Gasteiger partial charge in [-0.25, -0.2) is 22.3 Å². The molecule has 0 amide bonds. The minimum absolute atomic E-state index is 0.0935. The standard InChI is InChI=1S/C11H11F2N3O4S/c1-2-10-15-9(16-20-10)5-19-11-7(13)3-6(12)4-8(11)21(14,17)18/h3-4H,2,5H2,1H3,(H2,14,17,18). The fourth-order valence-electron chi connectivity index (χ4n) is 1.52. The number of primary sulfonamides is 1. The highest BCUT2D eigenvalue weighted by molar-refractivity contribution is 7.89. The van der Waals surface area contributed by atoms with Gasteiger partial charge in [-0.3, -0.25) is 0 Å². The van der Waals surface area contributed by atoms with Gasteiger partial charge in [0.05, 0.1) is 0 Å². The summed E-state index contributed by atoms with van der Waals surface area (Å²) in [6.07, 6.45) is 0.500. The number of hydrogen-bond acceptors (Lipinski definition) is 6. The van der Waals surface area contributed by atoms with E-state index < -0.39 is 32.3 Å². The number of aryl methyl sites for hydroxylation is 1. The van der Waals surface area contributed by atoms with E-state index in [2.05, 4.69) is 10.1 Å². The fraction of sp³-hybridized carbons (Fsp3) is 0.273. The van der Waals surface area contributed by atoms with E-state index in [0.29, 0.717) is 24.4 Å². The maximum absolute atomic E-state index is 13.7. The number of rotatable bonds is 5. The summed E-state index contributed by atoms with van der Waals surface area (Å²) in [6, 6.07) is 1.05. The molecule has 0 aliphatic carbocycles. The molecule has 7 nitrogen and oxygen atoms in total. The van der Waals surface area contributed by atoms with Crippen molar-refractivity contribution in [1.29, 1.82) is 0 Å². The van der Waals surface area contributed by atoms with Crippen molar-refractivity contribution in [3.05, 3.63) is 35.5 Å². The van der Waals surface area contributed by atoms with Gasteiger partial charge in [0.2, 0.25) is 21.7 Å². The first kappa shape index (κ1) is 15.3. The summed E-state index contributed by atoms with van der Waals surface area (Å²) in [6.45, 7) is 1.44. The SMILES string of the molecule is CCc1nc(COc2c(F)cc(F)cc2S(N)(=O)=O)no1. The van der Waals surface area contributed by atoms with Crippen LogP contribution < -0.4 is 9.88 Å². The van der Waals surface area contributed by atoms with Gasteiger partial charge in [0.25, 0.3) is 0 Å². The molecular weight excluding hydrogens is 308 g/mol. The molecule has 1 aromatic heterocycles. The number of benzene rings is 1. The van der Waals surface area contributed by atoms with Crippen LogP contribution in [0.15, 0.2) is 21.6 Å². The predicted molar refractivity (Wildman–Crippen MR) is 65.7 cm³/mol. The van der Waals surface area contributed by atoms with Gasteiger partial charge in [-0.15, -0.1) is 0 Å². The third kappa shape index (κ3) is 3.52. The van der Waals surface area contributed by atoms with Gasteiger partial charge in [-0.1, -0.05) is 12.1 Å². The van der Waals surface area contributed by atoms with Crippen molar-refractivity contribution >= 4 is 10.0 Å². The lowest BCUT2D eigenvalue weighted by atomic mass is 10.3. The lowest BCUT2D eigenvalue weighted by Crippen LogP contribution is -2.15. The van der Waals surface area contributed by atoms with Crippen LogP contribution in [0.2, 0.25) is 0 Å². The van der Waals surface area contributed by atoms with Crippen LogP contribution in [0.3, 0.4) is 0 Å². The van der Waals surface area contributed by atoms with Crippen LogP contribution in [0.25, 0.3) is 0 Å². The zero-order valence-corrected chi connectivity index (χ0v) is 11.7. The molecule has 0 radical (unpaired) electrons. The molecule has 1 heterocycles. The van der Waals surface area contributed by atoms with E-state index in [1.54, 1.807) is 6.92 Å². The zero-order valence-electron chi connectivity index (χ0n) is 10.8. The monoisotopic (exact) mass is 319 g/mol. The van der Waals surface area contributed by atoms with Crippen molar-refractivity contribution in [3.63, 3.8) is 0 Å². The van der Waals surface area contributed by atoms with Crippen LogP contribution in [0.1, 0.15) is 18.6 Å². The molecule has 2 aromatic rings. The molecular formula is C11H11F2N3O4S. The van der Waals surface area contributed by atoms with Gasteiger partial charge in [0.1, 0.15) is 10.7 Å². The number of hydrogen-bond donors (Lipinski definition) is 1. The lowest BCUT2D eigenvalue weighted by Gasteiger charge is -2.09. The molecule has 0 spiro atoms. The minimum atomic E-state index is -4.35. The quantitative estimate of drug-likeness (QED) is 0.885. The van der Waals surface area contributed by atoms with Crippen molar-refractivity contribution in [2.45, 2.75) is 24.8 Å². The first-order valence-electron chi connectivity index (χ1n) is 5.77. The Kier molecular flexibility index (Phi) is 4.19. The van der Waals surface area contributed by atoms with E-state index in [0.717, 1.165) is 0 Å². The summed E-state index contributed by atoms with van der Waals surface area (Å²) < 4.78 is 59.2. The largest absolute Gasteiger partial charge is 0.481 e. The Balaban J connectivity index is 2.31. The van der Waals surface area contributed by atoms with E-state index in [4.69, 9.17) is 14.4 Å². The summed E-state index contributed by atoms with van der Waals surface area (Å²) >= 11 is 0. The van der Waals surface area contributed by atoms with Crippen LogP contribution in [0.5, 0.6) is 5.75 Å². The topological polar surface area (TPSA) is 108 Å². The summed E-state index contributed by atoms with van der Waals surface area (Å²) in [5.41, 5.74) is 0. The second-order valence-corrected chi connectivity index (χ2v) is 5.54. The number of aromatic nitrogens is 2. The average molecular weight is 319 g/mol. The lowest BCUT2D eigenvalue weighted by molar-refractivity contribution is 0.264. The molecule has 10 heteroatoms. The Morgan fingerprint density at radius 1 is 1.38 bits per heavy atom. The van der Waals surface area contributed by atoms with Crippen LogP contribution in [-0.2, 0) is 23.1 Å². The number of ether oxygens (including phenoxy) is 1. The second kappa shape index (κ2) is 5.74. The van der Waals surface area contributed by atoms with E-state index in [9.17, 15) is 17.2 Å². The normalized spacial score (nSPS) is 11.6. The van der Waals surface area contributed by atoms with Crippen LogP contribution >= 0.6 is 0 Å². The van der Waals surface area contributed by atoms with Gasteiger partial charge in [-0.2, -0.15) is 4.98 Å². The smallest absolute Gasteiger partial charge is 0.241 e. The number of sulfonamides is 1. The molecule has 0 aliphatic rings. The van der Waals surface area contributed by atoms with Crippen molar-refractivity contribution in [2.24, 2.45) is 5.14 Å². The fourth-order valence-corrected chi connectivity index (χ4v) is 2.21. The van der Waals surface area contributed by atoms with E-state index in [1.807, 2.05) is 0 Å². The Hall–Kier alpha value is -2.07. The molecule has 0 unspecified atom stereocenters. The van der Waals surface area contributed by atoms with Gasteiger partial charge in [-0.05, 0) is 6.07 Å². The first-order chi connectivity index (χ1) is 9.81. The Bertz CT molecular complexity index is 761. The van der Waals surface area contributed by atoms with Crippen molar-refractivity contribution in [2.75, 3.05) is 0 Å². The molecule has 114 valence electrons. The van der Waals surface area contributed by atoms with Gasteiger partial charge in [0, 0.05) is 12.5 Å². The summed E-state index contributed by atoms with van der Waals surface area (Å²) in [5.74, 6) is -2.53. The maximum atomic E-state index is 13.7. The van der Waals surface area contributed by atoms with Crippen LogP contribution in [0, 0.1) is 11.6 Å². The minimum Gasteiger partial charge on any atom is -0.481 e. The van der Waals surface area contributed by atoms with Crippen LogP contribution in [-0.4, -0.2) is 18.6 Å². The van der Waals surface area contributed by atoms with Crippen molar-refractivity contribution in [3.8, 4) is 5.75 Å². The molecule has 0 aliphatic heterocycles. The number of nitrogens with zero attached hydrogens (tertiary/aromatic N) is 2. The first-order valence-corrected chi connectivity index (χ1v) is 7.32. The van der Waals surface area contributed by atoms with Gasteiger partial charge < -0.3 is 9.26 Å². The Morgan fingerprint density at radius 2 is 2.10 bits per heavy atom. The summed E-state index contributed by atoms with van der Waals surface area (Å²) in [7, 11) is -4.35. The second-order valence-electron chi connectivity index (χ2n) is 4.01. The van der Waals surface area contributed by atoms with Gasteiger partial charge in [0.15, 0.2) is 18.2 Å². The molecule has 2 N–H and O–H groups in total. The predicted octanol–water partition coefficient (Wildman–Crippen LogP) is 1.14. The highest BCUT2D eigenvalue weighted by Gasteiger charge is 2.22. The average Bonchev–Trinajstić information content (AvgIpc) is 2.83. The van der Waals surface area contributed by atoms with Gasteiger partial charge >= 0.3 is 0 Å². The van der Waals surface area contributed by atoms with E-state index >= 15 is 0 Å².